The quantitative estimate of drug-likeness (QED) is 0.687. The van der Waals surface area contributed by atoms with E-state index < -0.39 is 5.97 Å². The lowest BCUT2D eigenvalue weighted by Gasteiger charge is -2.14. The molecule has 1 amide bonds. The fourth-order valence-corrected chi connectivity index (χ4v) is 3.01. The SMILES string of the molecule is NC(=O)Cc1ccc(-n2c(CCC(=O)O)ccc2-c2ccccc2)cc1. The van der Waals surface area contributed by atoms with Crippen molar-refractivity contribution < 1.29 is 14.7 Å². The predicted molar refractivity (Wildman–Crippen MR) is 100 cm³/mol. The third kappa shape index (κ3) is 4.00. The third-order valence-corrected chi connectivity index (χ3v) is 4.20. The van der Waals surface area contributed by atoms with Crippen LogP contribution in [0.3, 0.4) is 0 Å². The van der Waals surface area contributed by atoms with Gasteiger partial charge >= 0.3 is 5.97 Å². The average Bonchev–Trinajstić information content (AvgIpc) is 3.05. The van der Waals surface area contributed by atoms with Gasteiger partial charge in [0.05, 0.1) is 18.5 Å². The van der Waals surface area contributed by atoms with Crippen LogP contribution in [0.25, 0.3) is 16.9 Å². The maximum absolute atomic E-state index is 11.1. The number of carboxylic acid groups (broad SMARTS) is 1. The number of aromatic nitrogens is 1. The van der Waals surface area contributed by atoms with E-state index in [4.69, 9.17) is 10.8 Å². The number of carbonyl (C=O) groups is 2. The number of amides is 1. The lowest BCUT2D eigenvalue weighted by molar-refractivity contribution is -0.137. The molecule has 0 atom stereocenters. The Morgan fingerprint density at radius 3 is 2.23 bits per heavy atom. The van der Waals surface area contributed by atoms with Gasteiger partial charge in [-0.3, -0.25) is 9.59 Å². The van der Waals surface area contributed by atoms with Crippen molar-refractivity contribution in [3.8, 4) is 16.9 Å². The van der Waals surface area contributed by atoms with Gasteiger partial charge in [-0.2, -0.15) is 0 Å². The molecule has 0 aliphatic carbocycles. The summed E-state index contributed by atoms with van der Waals surface area (Å²) in [6.07, 6.45) is 0.701. The van der Waals surface area contributed by atoms with Crippen LogP contribution in [0.1, 0.15) is 17.7 Å². The molecule has 3 N–H and O–H groups in total. The van der Waals surface area contributed by atoms with E-state index in [9.17, 15) is 9.59 Å². The van der Waals surface area contributed by atoms with E-state index in [0.717, 1.165) is 28.2 Å². The molecule has 0 saturated carbocycles. The number of nitrogens with two attached hydrogens (primary N) is 1. The predicted octanol–water partition coefficient (Wildman–Crippen LogP) is 3.19. The molecular weight excluding hydrogens is 328 g/mol. The minimum atomic E-state index is -0.823. The van der Waals surface area contributed by atoms with Crippen molar-refractivity contribution in [2.45, 2.75) is 19.3 Å². The molecule has 0 fully saturated rings. The molecule has 26 heavy (non-hydrogen) atoms. The average molecular weight is 348 g/mol. The van der Waals surface area contributed by atoms with Gasteiger partial charge in [0.25, 0.3) is 0 Å². The monoisotopic (exact) mass is 348 g/mol. The van der Waals surface area contributed by atoms with Crippen LogP contribution in [0.15, 0.2) is 66.7 Å². The van der Waals surface area contributed by atoms with Crippen LogP contribution in [0.4, 0.5) is 0 Å². The summed E-state index contributed by atoms with van der Waals surface area (Å²) in [5.74, 6) is -1.19. The molecule has 5 nitrogen and oxygen atoms in total. The molecule has 0 bridgehead atoms. The molecule has 5 heteroatoms. The van der Waals surface area contributed by atoms with Crippen molar-refractivity contribution in [2.75, 3.05) is 0 Å². The summed E-state index contributed by atoms with van der Waals surface area (Å²) in [5.41, 5.74) is 9.99. The zero-order valence-electron chi connectivity index (χ0n) is 14.3. The van der Waals surface area contributed by atoms with Crippen molar-refractivity contribution in [2.24, 2.45) is 5.73 Å². The number of hydrogen-bond donors (Lipinski definition) is 2. The van der Waals surface area contributed by atoms with E-state index in [1.165, 1.54) is 0 Å². The van der Waals surface area contributed by atoms with Crippen LogP contribution in [0.2, 0.25) is 0 Å². The van der Waals surface area contributed by atoms with E-state index in [1.807, 2.05) is 66.7 Å². The van der Waals surface area contributed by atoms with Crippen LogP contribution in [-0.4, -0.2) is 21.6 Å². The molecule has 3 rings (SSSR count). The Morgan fingerprint density at radius 2 is 1.62 bits per heavy atom. The molecular formula is C21H20N2O3. The molecule has 0 aliphatic heterocycles. The molecule has 1 aromatic heterocycles. The fraction of sp³-hybridized carbons (Fsp3) is 0.143. The first-order valence-corrected chi connectivity index (χ1v) is 8.40. The van der Waals surface area contributed by atoms with Gasteiger partial charge in [0.2, 0.25) is 5.91 Å². The van der Waals surface area contributed by atoms with Gasteiger partial charge in [0, 0.05) is 11.4 Å². The van der Waals surface area contributed by atoms with Gasteiger partial charge in [0.1, 0.15) is 0 Å². The Balaban J connectivity index is 2.03. The Kier molecular flexibility index (Phi) is 5.17. The fourth-order valence-electron chi connectivity index (χ4n) is 3.01. The Morgan fingerprint density at radius 1 is 0.923 bits per heavy atom. The van der Waals surface area contributed by atoms with Crippen LogP contribution in [0.5, 0.6) is 0 Å². The number of benzene rings is 2. The Hall–Kier alpha value is -3.34. The number of nitrogens with zero attached hydrogens (tertiary/aromatic N) is 1. The van der Waals surface area contributed by atoms with Crippen LogP contribution < -0.4 is 5.73 Å². The largest absolute Gasteiger partial charge is 0.481 e. The number of aliphatic carboxylic acids is 1. The van der Waals surface area contributed by atoms with Gasteiger partial charge in [-0.15, -0.1) is 0 Å². The highest BCUT2D eigenvalue weighted by Gasteiger charge is 2.13. The molecule has 2 aromatic carbocycles. The van der Waals surface area contributed by atoms with Crippen molar-refractivity contribution >= 4 is 11.9 Å². The van der Waals surface area contributed by atoms with Crippen molar-refractivity contribution in [1.82, 2.24) is 4.57 Å². The zero-order chi connectivity index (χ0) is 18.5. The van der Waals surface area contributed by atoms with Crippen LogP contribution in [-0.2, 0) is 22.4 Å². The first-order chi connectivity index (χ1) is 12.5. The second-order valence-electron chi connectivity index (χ2n) is 6.11. The summed E-state index contributed by atoms with van der Waals surface area (Å²) in [4.78, 5) is 22.1. The van der Waals surface area contributed by atoms with Crippen LogP contribution >= 0.6 is 0 Å². The first kappa shape index (κ1) is 17.5. The first-order valence-electron chi connectivity index (χ1n) is 8.40. The Labute approximate surface area is 151 Å². The molecule has 0 radical (unpaired) electrons. The molecule has 0 unspecified atom stereocenters. The molecule has 132 valence electrons. The van der Waals surface area contributed by atoms with Gasteiger partial charge in [-0.05, 0) is 41.8 Å². The summed E-state index contributed by atoms with van der Waals surface area (Å²) in [6.45, 7) is 0. The van der Waals surface area contributed by atoms with Gasteiger partial charge < -0.3 is 15.4 Å². The summed E-state index contributed by atoms with van der Waals surface area (Å²) in [7, 11) is 0. The maximum atomic E-state index is 11.1. The standard InChI is InChI=1S/C21H20N2O3/c22-20(24)14-15-6-8-17(9-7-15)23-18(11-13-21(25)26)10-12-19(23)16-4-2-1-3-5-16/h1-10,12H,11,13-14H2,(H2,22,24)(H,25,26). The third-order valence-electron chi connectivity index (χ3n) is 4.20. The van der Waals surface area contributed by atoms with Crippen molar-refractivity contribution in [1.29, 1.82) is 0 Å². The summed E-state index contributed by atoms with van der Waals surface area (Å²) < 4.78 is 2.06. The normalized spacial score (nSPS) is 10.6. The molecule has 3 aromatic rings. The molecule has 0 spiro atoms. The molecule has 0 saturated heterocycles. The van der Waals surface area contributed by atoms with Gasteiger partial charge in [0.15, 0.2) is 0 Å². The number of rotatable bonds is 7. The number of carbonyl (C=O) groups excluding carboxylic acids is 1. The Bertz CT molecular complexity index is 912. The van der Waals surface area contributed by atoms with Crippen LogP contribution in [0, 0.1) is 0 Å². The van der Waals surface area contributed by atoms with Gasteiger partial charge in [-0.25, -0.2) is 0 Å². The van der Waals surface area contributed by atoms with E-state index in [-0.39, 0.29) is 18.7 Å². The second-order valence-corrected chi connectivity index (χ2v) is 6.11. The molecule has 0 aliphatic rings. The zero-order valence-corrected chi connectivity index (χ0v) is 14.3. The van der Waals surface area contributed by atoms with E-state index in [2.05, 4.69) is 4.57 Å². The number of carboxylic acids is 1. The van der Waals surface area contributed by atoms with E-state index in [0.29, 0.717) is 6.42 Å². The minimum absolute atomic E-state index is 0.0675. The van der Waals surface area contributed by atoms with E-state index in [1.54, 1.807) is 0 Å². The topological polar surface area (TPSA) is 85.3 Å². The van der Waals surface area contributed by atoms with Gasteiger partial charge in [-0.1, -0.05) is 42.5 Å². The van der Waals surface area contributed by atoms with E-state index >= 15 is 0 Å². The second kappa shape index (κ2) is 7.70. The minimum Gasteiger partial charge on any atom is -0.481 e. The number of primary amides is 1. The smallest absolute Gasteiger partial charge is 0.303 e. The number of hydrogen-bond acceptors (Lipinski definition) is 2. The highest BCUT2D eigenvalue weighted by molar-refractivity contribution is 5.76. The lowest BCUT2D eigenvalue weighted by atomic mass is 10.1. The summed E-state index contributed by atoms with van der Waals surface area (Å²) >= 11 is 0. The molecule has 1 heterocycles. The maximum Gasteiger partial charge on any atom is 0.303 e. The summed E-state index contributed by atoms with van der Waals surface area (Å²) in [5, 5.41) is 9.03. The van der Waals surface area contributed by atoms with Crippen molar-refractivity contribution in [3.63, 3.8) is 0 Å². The highest BCUT2D eigenvalue weighted by atomic mass is 16.4. The lowest BCUT2D eigenvalue weighted by Crippen LogP contribution is -2.13. The summed E-state index contributed by atoms with van der Waals surface area (Å²) in [6, 6.07) is 21.5. The van der Waals surface area contributed by atoms with Crippen molar-refractivity contribution in [3.05, 3.63) is 78.0 Å². The number of aryl methyl sites for hydroxylation is 1. The highest BCUT2D eigenvalue weighted by Crippen LogP contribution is 2.27.